The fraction of sp³-hybridized carbons (Fsp3) is 0.556. The molecule has 1 heterocycles. The van der Waals surface area contributed by atoms with E-state index < -0.39 is 34.1 Å². The van der Waals surface area contributed by atoms with E-state index in [9.17, 15) is 18.4 Å². The first kappa shape index (κ1) is 17.5. The van der Waals surface area contributed by atoms with Gasteiger partial charge in [-0.2, -0.15) is 0 Å². The Morgan fingerprint density at radius 1 is 1.42 bits per heavy atom. The van der Waals surface area contributed by atoms with Crippen LogP contribution >= 0.6 is 11.6 Å². The van der Waals surface area contributed by atoms with E-state index in [0.717, 1.165) is 25.3 Å². The second-order valence-electron chi connectivity index (χ2n) is 7.81. The van der Waals surface area contributed by atoms with E-state index in [4.69, 9.17) is 17.3 Å². The highest BCUT2D eigenvalue weighted by Crippen LogP contribution is 2.76. The predicted molar refractivity (Wildman–Crippen MR) is 91.6 cm³/mol. The molecule has 3 atom stereocenters. The largest absolute Gasteiger partial charge is 0.352 e. The molecule has 1 saturated heterocycles. The molecule has 0 aromatic heterocycles. The molecule has 4 rings (SSSR count). The Bertz CT molecular complexity index is 814. The number of piperazine rings is 1. The molecule has 3 aliphatic rings. The Morgan fingerprint density at radius 3 is 2.69 bits per heavy atom. The quantitative estimate of drug-likeness (QED) is 0.787. The van der Waals surface area contributed by atoms with Crippen molar-refractivity contribution in [3.63, 3.8) is 0 Å². The minimum Gasteiger partial charge on any atom is -0.352 e. The number of hydrogen-bond acceptors (Lipinski definition) is 2. The van der Waals surface area contributed by atoms with E-state index in [-0.39, 0.29) is 35.9 Å². The van der Waals surface area contributed by atoms with Crippen LogP contribution in [0.2, 0.25) is 5.02 Å². The van der Waals surface area contributed by atoms with Crippen LogP contribution in [0.5, 0.6) is 0 Å². The summed E-state index contributed by atoms with van der Waals surface area (Å²) in [4.78, 5) is 26.3. The molecule has 140 valence electrons. The van der Waals surface area contributed by atoms with E-state index in [2.05, 4.69) is 5.32 Å². The molecule has 2 saturated carbocycles. The van der Waals surface area contributed by atoms with Crippen LogP contribution in [-0.4, -0.2) is 35.5 Å². The number of nitrogens with one attached hydrogen (secondary N) is 1. The average molecular weight is 384 g/mol. The molecule has 0 bridgehead atoms. The molecule has 1 aromatic carbocycles. The number of benzene rings is 1. The van der Waals surface area contributed by atoms with Gasteiger partial charge >= 0.3 is 6.03 Å². The summed E-state index contributed by atoms with van der Waals surface area (Å²) in [5, 5.41) is 2.17. The van der Waals surface area contributed by atoms with Gasteiger partial charge in [-0.3, -0.25) is 4.79 Å². The number of urea groups is 1. The SMILES string of the molecule is CC1([C@@H](c2ccc(F)c(Cl)c2F)[C@@H]2CC23CC3)C(=O)NCCN1C(N)=O. The molecule has 3 N–H and O–H groups in total. The predicted octanol–water partition coefficient (Wildman–Crippen LogP) is 2.77. The van der Waals surface area contributed by atoms with Gasteiger partial charge in [-0.25, -0.2) is 13.6 Å². The zero-order valence-electron chi connectivity index (χ0n) is 14.3. The van der Waals surface area contributed by atoms with Gasteiger partial charge in [0.15, 0.2) is 0 Å². The monoisotopic (exact) mass is 383 g/mol. The maximum absolute atomic E-state index is 14.9. The number of halogens is 3. The summed E-state index contributed by atoms with van der Waals surface area (Å²) in [6, 6.07) is 1.71. The van der Waals surface area contributed by atoms with Gasteiger partial charge in [-0.05, 0) is 49.1 Å². The van der Waals surface area contributed by atoms with Crippen LogP contribution in [0.4, 0.5) is 13.6 Å². The third-order valence-corrected chi connectivity index (χ3v) is 6.81. The summed E-state index contributed by atoms with van der Waals surface area (Å²) in [5.74, 6) is -2.72. The standard InChI is InChI=1S/C18H20ClF2N3O2/c1-17(15(25)23-6-7-24(17)16(22)26)12(10-8-18(10)4-5-18)9-2-3-11(20)13(19)14(9)21/h2-3,10,12H,4-8H2,1H3,(H2,22,26)(H,23,25)/t10-,12-,17?/m0/s1. The van der Waals surface area contributed by atoms with Crippen LogP contribution in [0, 0.1) is 23.0 Å². The summed E-state index contributed by atoms with van der Waals surface area (Å²) in [6.45, 7) is 2.14. The van der Waals surface area contributed by atoms with Crippen molar-refractivity contribution in [3.05, 3.63) is 34.4 Å². The summed E-state index contributed by atoms with van der Waals surface area (Å²) in [5.41, 5.74) is 4.45. The fourth-order valence-corrected chi connectivity index (χ4v) is 4.91. The Morgan fingerprint density at radius 2 is 2.12 bits per heavy atom. The average Bonchev–Trinajstić information content (AvgIpc) is 3.50. The number of nitrogens with zero attached hydrogens (tertiary/aromatic N) is 1. The number of carbonyl (C=O) groups excluding carboxylic acids is 2. The van der Waals surface area contributed by atoms with Gasteiger partial charge in [0.25, 0.3) is 0 Å². The van der Waals surface area contributed by atoms with Crippen molar-refractivity contribution in [2.45, 2.75) is 37.6 Å². The van der Waals surface area contributed by atoms with E-state index >= 15 is 0 Å². The number of primary amides is 1. The first-order valence-corrected chi connectivity index (χ1v) is 9.09. The van der Waals surface area contributed by atoms with Gasteiger partial charge in [0.1, 0.15) is 22.2 Å². The lowest BCUT2D eigenvalue weighted by Gasteiger charge is -2.48. The molecule has 1 unspecified atom stereocenters. The number of rotatable bonds is 3. The van der Waals surface area contributed by atoms with Crippen molar-refractivity contribution in [2.24, 2.45) is 17.1 Å². The van der Waals surface area contributed by atoms with Crippen LogP contribution in [0.1, 0.15) is 37.7 Å². The Hall–Kier alpha value is -1.89. The lowest BCUT2D eigenvalue weighted by atomic mass is 9.73. The lowest BCUT2D eigenvalue weighted by molar-refractivity contribution is -0.135. The first-order chi connectivity index (χ1) is 12.2. The zero-order chi connectivity index (χ0) is 18.9. The molecule has 2 aliphatic carbocycles. The van der Waals surface area contributed by atoms with Crippen molar-refractivity contribution >= 4 is 23.5 Å². The van der Waals surface area contributed by atoms with E-state index in [0.29, 0.717) is 0 Å². The Kier molecular flexibility index (Phi) is 3.74. The zero-order valence-corrected chi connectivity index (χ0v) is 15.1. The van der Waals surface area contributed by atoms with Gasteiger partial charge in [0.2, 0.25) is 5.91 Å². The summed E-state index contributed by atoms with van der Waals surface area (Å²) >= 11 is 5.80. The van der Waals surface area contributed by atoms with Gasteiger partial charge < -0.3 is 16.0 Å². The summed E-state index contributed by atoms with van der Waals surface area (Å²) < 4.78 is 28.6. The third kappa shape index (κ3) is 2.32. The maximum atomic E-state index is 14.9. The molecular formula is C18H20ClF2N3O2. The number of carbonyl (C=O) groups is 2. The molecule has 1 spiro atoms. The highest BCUT2D eigenvalue weighted by atomic mass is 35.5. The molecule has 1 aromatic rings. The van der Waals surface area contributed by atoms with Crippen molar-refractivity contribution < 1.29 is 18.4 Å². The molecule has 26 heavy (non-hydrogen) atoms. The van der Waals surface area contributed by atoms with E-state index in [1.165, 1.54) is 11.0 Å². The van der Waals surface area contributed by atoms with Crippen LogP contribution in [0.25, 0.3) is 0 Å². The van der Waals surface area contributed by atoms with Gasteiger partial charge in [0, 0.05) is 19.0 Å². The summed E-state index contributed by atoms with van der Waals surface area (Å²) in [7, 11) is 0. The Labute approximate surface area is 154 Å². The molecule has 0 radical (unpaired) electrons. The van der Waals surface area contributed by atoms with Crippen molar-refractivity contribution in [2.75, 3.05) is 13.1 Å². The molecule has 3 fully saturated rings. The number of hydrogen-bond donors (Lipinski definition) is 2. The van der Waals surface area contributed by atoms with Crippen molar-refractivity contribution in [3.8, 4) is 0 Å². The van der Waals surface area contributed by atoms with Gasteiger partial charge in [-0.15, -0.1) is 0 Å². The van der Waals surface area contributed by atoms with E-state index in [1.54, 1.807) is 6.92 Å². The fourth-order valence-electron chi connectivity index (χ4n) is 4.74. The van der Waals surface area contributed by atoms with Crippen molar-refractivity contribution in [1.82, 2.24) is 10.2 Å². The number of nitrogens with two attached hydrogens (primary N) is 1. The van der Waals surface area contributed by atoms with Gasteiger partial charge in [0.05, 0.1) is 0 Å². The minimum absolute atomic E-state index is 0.0224. The number of amides is 3. The smallest absolute Gasteiger partial charge is 0.315 e. The first-order valence-electron chi connectivity index (χ1n) is 8.71. The molecular weight excluding hydrogens is 364 g/mol. The second kappa shape index (κ2) is 5.55. The molecule has 3 amide bonds. The van der Waals surface area contributed by atoms with Crippen LogP contribution in [0.3, 0.4) is 0 Å². The lowest BCUT2D eigenvalue weighted by Crippen LogP contribution is -2.68. The molecule has 1 aliphatic heterocycles. The highest BCUT2D eigenvalue weighted by molar-refractivity contribution is 6.31. The van der Waals surface area contributed by atoms with Crippen LogP contribution in [0.15, 0.2) is 12.1 Å². The van der Waals surface area contributed by atoms with Crippen LogP contribution < -0.4 is 11.1 Å². The van der Waals surface area contributed by atoms with E-state index in [1.807, 2.05) is 0 Å². The molecule has 5 nitrogen and oxygen atoms in total. The normalized spacial score (nSPS) is 30.1. The molecule has 8 heteroatoms. The maximum Gasteiger partial charge on any atom is 0.315 e. The topological polar surface area (TPSA) is 75.4 Å². The van der Waals surface area contributed by atoms with Gasteiger partial charge in [-0.1, -0.05) is 17.7 Å². The second-order valence-corrected chi connectivity index (χ2v) is 8.19. The Balaban J connectivity index is 1.87. The minimum atomic E-state index is -1.36. The van der Waals surface area contributed by atoms with Crippen molar-refractivity contribution in [1.29, 1.82) is 0 Å². The highest BCUT2D eigenvalue weighted by Gasteiger charge is 2.70. The van der Waals surface area contributed by atoms with Crippen LogP contribution in [-0.2, 0) is 4.79 Å². The summed E-state index contributed by atoms with van der Waals surface area (Å²) in [6.07, 6.45) is 2.87. The third-order valence-electron chi connectivity index (χ3n) is 6.46.